The van der Waals surface area contributed by atoms with Gasteiger partial charge in [0.05, 0.1) is 42.2 Å². The number of piperidine rings is 1. The molecule has 3 aromatic rings. The summed E-state index contributed by atoms with van der Waals surface area (Å²) in [5.74, 6) is 0.562. The van der Waals surface area contributed by atoms with E-state index in [-0.39, 0.29) is 27.9 Å². The molecule has 11 heteroatoms. The number of carbonyl (C=O) groups excluding carboxylic acids is 1. The number of phenolic OH excluding ortho intramolecular Hbond substituents is 1. The van der Waals surface area contributed by atoms with Crippen molar-refractivity contribution in [1.82, 2.24) is 9.80 Å². The van der Waals surface area contributed by atoms with Gasteiger partial charge in [0, 0.05) is 35.2 Å². The lowest BCUT2D eigenvalue weighted by Crippen LogP contribution is -2.53. The molecule has 2 atom stereocenters. The topological polar surface area (TPSA) is 88.5 Å². The Morgan fingerprint density at radius 2 is 1.70 bits per heavy atom. The van der Waals surface area contributed by atoms with E-state index in [0.717, 1.165) is 38.0 Å². The molecule has 6 rings (SSSR count). The van der Waals surface area contributed by atoms with Crippen LogP contribution in [-0.4, -0.2) is 78.6 Å². The highest BCUT2D eigenvalue weighted by Gasteiger charge is 2.47. The van der Waals surface area contributed by atoms with Gasteiger partial charge < -0.3 is 29.1 Å². The van der Waals surface area contributed by atoms with Gasteiger partial charge in [-0.2, -0.15) is 0 Å². The molecular formula is C33H36Cl2N2O6S. The van der Waals surface area contributed by atoms with Gasteiger partial charge in [0.15, 0.2) is 11.5 Å². The second-order valence-electron chi connectivity index (χ2n) is 11.7. The maximum atomic E-state index is 13.9. The van der Waals surface area contributed by atoms with Gasteiger partial charge in [0.2, 0.25) is 5.75 Å². The zero-order valence-electron chi connectivity index (χ0n) is 24.8. The van der Waals surface area contributed by atoms with Crippen LogP contribution in [0.1, 0.15) is 46.3 Å². The Morgan fingerprint density at radius 3 is 2.39 bits per heavy atom. The predicted octanol–water partition coefficient (Wildman–Crippen LogP) is 5.73. The van der Waals surface area contributed by atoms with E-state index in [1.54, 1.807) is 11.0 Å². The lowest BCUT2D eigenvalue weighted by atomic mass is 9.85. The molecule has 0 aromatic heterocycles. The van der Waals surface area contributed by atoms with E-state index in [9.17, 15) is 14.1 Å². The summed E-state index contributed by atoms with van der Waals surface area (Å²) in [6.07, 6.45) is 2.29. The Bertz CT molecular complexity index is 1570. The highest BCUT2D eigenvalue weighted by atomic mass is 35.5. The van der Waals surface area contributed by atoms with Gasteiger partial charge in [-0.05, 0) is 73.3 Å². The van der Waals surface area contributed by atoms with E-state index in [1.165, 1.54) is 37.5 Å². The van der Waals surface area contributed by atoms with Crippen LogP contribution in [0, 0.1) is 0 Å². The molecule has 1 unspecified atom stereocenters. The number of rotatable bonds is 7. The zero-order valence-corrected chi connectivity index (χ0v) is 27.1. The first-order valence-electron chi connectivity index (χ1n) is 14.7. The van der Waals surface area contributed by atoms with Gasteiger partial charge in [0.1, 0.15) is 5.60 Å². The largest absolute Gasteiger partial charge is 0.502 e. The van der Waals surface area contributed by atoms with Crippen molar-refractivity contribution in [2.45, 2.75) is 35.4 Å². The number of aromatic hydroxyl groups is 1. The molecule has 1 amide bonds. The van der Waals surface area contributed by atoms with Crippen molar-refractivity contribution in [1.29, 1.82) is 0 Å². The fourth-order valence-corrected chi connectivity index (χ4v) is 9.06. The van der Waals surface area contributed by atoms with Gasteiger partial charge in [-0.25, -0.2) is 0 Å². The number of nitrogens with zero attached hydrogens (tertiary/aromatic N) is 2. The summed E-state index contributed by atoms with van der Waals surface area (Å²) in [4.78, 5) is 18.0. The highest BCUT2D eigenvalue weighted by molar-refractivity contribution is 7.85. The smallest absolute Gasteiger partial charge is 0.254 e. The minimum Gasteiger partial charge on any atom is -0.502 e. The lowest BCUT2D eigenvalue weighted by Gasteiger charge is -2.45. The molecule has 2 saturated heterocycles. The number of hydrogen-bond acceptors (Lipinski definition) is 7. The van der Waals surface area contributed by atoms with Crippen molar-refractivity contribution in [2.24, 2.45) is 0 Å². The second kappa shape index (κ2) is 12.5. The summed E-state index contributed by atoms with van der Waals surface area (Å²) < 4.78 is 30.2. The van der Waals surface area contributed by atoms with Crippen LogP contribution in [-0.2, 0) is 31.6 Å². The molecule has 0 aliphatic carbocycles. The summed E-state index contributed by atoms with van der Waals surface area (Å²) in [5, 5.41) is 11.2. The molecule has 1 spiro atoms. The van der Waals surface area contributed by atoms with Crippen molar-refractivity contribution in [2.75, 3.05) is 53.6 Å². The second-order valence-corrected chi connectivity index (χ2v) is 14.2. The molecule has 3 aromatic carbocycles. The van der Waals surface area contributed by atoms with Crippen molar-refractivity contribution < 1.29 is 28.3 Å². The summed E-state index contributed by atoms with van der Waals surface area (Å²) in [5.41, 5.74) is 2.82. The monoisotopic (exact) mass is 658 g/mol. The van der Waals surface area contributed by atoms with Crippen molar-refractivity contribution >= 4 is 39.9 Å². The number of fused-ring (bicyclic) bond motifs is 2. The molecule has 0 bridgehead atoms. The van der Waals surface area contributed by atoms with Gasteiger partial charge in [-0.15, -0.1) is 0 Å². The summed E-state index contributed by atoms with van der Waals surface area (Å²) in [7, 11) is 1.94. The Balaban J connectivity index is 1.23. The maximum Gasteiger partial charge on any atom is 0.254 e. The third-order valence-electron chi connectivity index (χ3n) is 9.37. The molecule has 3 aliphatic heterocycles. The molecule has 8 nitrogen and oxygen atoms in total. The van der Waals surface area contributed by atoms with Crippen LogP contribution in [0.25, 0.3) is 0 Å². The number of likely N-dealkylation sites (tertiary alicyclic amines) is 1. The fourth-order valence-electron chi connectivity index (χ4n) is 6.87. The van der Waals surface area contributed by atoms with Crippen LogP contribution in [0.15, 0.2) is 54.6 Å². The molecular weight excluding hydrogens is 623 g/mol. The number of amides is 1. The minimum absolute atomic E-state index is 0.158. The standard InChI is InChI=1S/C33H36Cl2N2O6S/c1-41-28-17-23(18-29(42-2)30(28)38)31(39)37-15-16-43-32(21-37,24-7-8-26(34)27(35)19-24)9-12-36-13-10-33(11-14-36)25-6-4-3-5-22(25)20-44(33)40/h3-8,17-19,38H,9-16,20-21H2,1-2H3/t32-,44?/m0/s1. The number of phenols is 1. The van der Waals surface area contributed by atoms with Crippen LogP contribution >= 0.6 is 23.2 Å². The van der Waals surface area contributed by atoms with Crippen LogP contribution in [0.5, 0.6) is 17.2 Å². The first kappa shape index (κ1) is 31.2. The average Bonchev–Trinajstić information content (AvgIpc) is 3.32. The molecule has 0 radical (unpaired) electrons. The molecule has 3 aliphatic rings. The number of carbonyl (C=O) groups is 1. The van der Waals surface area contributed by atoms with Gasteiger partial charge in [-0.3, -0.25) is 9.00 Å². The van der Waals surface area contributed by atoms with Gasteiger partial charge >= 0.3 is 0 Å². The number of hydrogen-bond donors (Lipinski definition) is 1. The van der Waals surface area contributed by atoms with Gasteiger partial charge in [0.25, 0.3) is 5.91 Å². The molecule has 2 fully saturated rings. The Labute approximate surface area is 270 Å². The Kier molecular flexibility index (Phi) is 8.87. The van der Waals surface area contributed by atoms with Crippen molar-refractivity contribution in [3.05, 3.63) is 86.9 Å². The third kappa shape index (κ3) is 5.58. The zero-order chi connectivity index (χ0) is 31.1. The number of methoxy groups -OCH3 is 2. The minimum atomic E-state index is -0.922. The number of morpholine rings is 1. The number of benzene rings is 3. The highest BCUT2D eigenvalue weighted by Crippen LogP contribution is 2.47. The Hall–Kier alpha value is -2.82. The summed E-state index contributed by atoms with van der Waals surface area (Å²) >= 11 is 12.8. The van der Waals surface area contributed by atoms with Crippen LogP contribution in [0.3, 0.4) is 0 Å². The van der Waals surface area contributed by atoms with Crippen LogP contribution in [0.2, 0.25) is 10.0 Å². The molecule has 234 valence electrons. The van der Waals surface area contributed by atoms with E-state index in [4.69, 9.17) is 37.4 Å². The van der Waals surface area contributed by atoms with Crippen LogP contribution < -0.4 is 9.47 Å². The third-order valence-corrected chi connectivity index (χ3v) is 12.2. The van der Waals surface area contributed by atoms with E-state index >= 15 is 0 Å². The van der Waals surface area contributed by atoms with Crippen LogP contribution in [0.4, 0.5) is 0 Å². The van der Waals surface area contributed by atoms with E-state index in [1.807, 2.05) is 24.3 Å². The predicted molar refractivity (Wildman–Crippen MR) is 171 cm³/mol. The molecule has 44 heavy (non-hydrogen) atoms. The molecule has 3 heterocycles. The first-order chi connectivity index (χ1) is 21.2. The number of ether oxygens (including phenoxy) is 3. The molecule has 1 N–H and O–H groups in total. The first-order valence-corrected chi connectivity index (χ1v) is 16.8. The van der Waals surface area contributed by atoms with E-state index < -0.39 is 16.4 Å². The number of halogens is 2. The SMILES string of the molecule is COc1cc(C(=O)N2CCO[C@](CCN3CCC4(CC3)c3ccccc3CS4=O)(c3ccc(Cl)c(Cl)c3)C2)cc(OC)c1O. The van der Waals surface area contributed by atoms with Crippen molar-refractivity contribution in [3.63, 3.8) is 0 Å². The van der Waals surface area contributed by atoms with E-state index in [0.29, 0.717) is 47.5 Å². The van der Waals surface area contributed by atoms with E-state index in [2.05, 4.69) is 17.0 Å². The normalized spacial score (nSPS) is 23.0. The lowest BCUT2D eigenvalue weighted by molar-refractivity contribution is -0.113. The van der Waals surface area contributed by atoms with Gasteiger partial charge in [-0.1, -0.05) is 53.5 Å². The summed E-state index contributed by atoms with van der Waals surface area (Å²) in [6, 6.07) is 16.9. The summed E-state index contributed by atoms with van der Waals surface area (Å²) in [6.45, 7) is 3.40. The van der Waals surface area contributed by atoms with Crippen molar-refractivity contribution in [3.8, 4) is 17.2 Å². The quantitative estimate of drug-likeness (QED) is 0.347. The molecule has 0 saturated carbocycles. The Morgan fingerprint density at radius 1 is 1.00 bits per heavy atom. The fraction of sp³-hybridized carbons (Fsp3) is 0.424. The average molecular weight is 660 g/mol. The maximum absolute atomic E-state index is 13.9.